The molecule has 1 aliphatic heterocycles. The van der Waals surface area contributed by atoms with Gasteiger partial charge in [-0.1, -0.05) is 12.1 Å². The first-order valence-electron chi connectivity index (χ1n) is 6.92. The Bertz CT molecular complexity index is 676. The number of hydrogen-bond acceptors (Lipinski definition) is 2. The van der Waals surface area contributed by atoms with Crippen molar-refractivity contribution in [2.45, 2.75) is 19.5 Å². The Kier molecular flexibility index (Phi) is 3.51. The molecule has 0 amide bonds. The van der Waals surface area contributed by atoms with Crippen LogP contribution < -0.4 is 0 Å². The van der Waals surface area contributed by atoms with Crippen molar-refractivity contribution < 1.29 is 14.3 Å². The topological polar surface area (TPSA) is 45.5 Å². The maximum absolute atomic E-state index is 12.9. The highest BCUT2D eigenvalue weighted by molar-refractivity contribution is 5.86. The normalized spacial score (nSPS) is 15.0. The Morgan fingerprint density at radius 3 is 2.71 bits per heavy atom. The Balaban J connectivity index is 1.77. The summed E-state index contributed by atoms with van der Waals surface area (Å²) in [7, 11) is 1.80. The predicted molar refractivity (Wildman–Crippen MR) is 76.6 cm³/mol. The van der Waals surface area contributed by atoms with Gasteiger partial charge in [-0.15, -0.1) is 0 Å². The Morgan fingerprint density at radius 2 is 2.05 bits per heavy atom. The second-order valence-electron chi connectivity index (χ2n) is 5.45. The van der Waals surface area contributed by atoms with Gasteiger partial charge >= 0.3 is 5.97 Å². The van der Waals surface area contributed by atoms with E-state index >= 15 is 0 Å². The van der Waals surface area contributed by atoms with E-state index in [4.69, 9.17) is 0 Å². The fraction of sp³-hybridized carbons (Fsp3) is 0.312. The van der Waals surface area contributed by atoms with Gasteiger partial charge in [-0.25, -0.2) is 9.18 Å². The largest absolute Gasteiger partial charge is 0.477 e. The van der Waals surface area contributed by atoms with Gasteiger partial charge in [-0.3, -0.25) is 4.90 Å². The number of aromatic nitrogens is 1. The summed E-state index contributed by atoms with van der Waals surface area (Å²) in [5.41, 5.74) is 3.57. The molecule has 2 heterocycles. The smallest absolute Gasteiger partial charge is 0.352 e. The minimum atomic E-state index is -0.892. The molecule has 0 fully saturated rings. The molecule has 0 aliphatic carbocycles. The van der Waals surface area contributed by atoms with Crippen molar-refractivity contribution in [1.29, 1.82) is 0 Å². The maximum Gasteiger partial charge on any atom is 0.352 e. The first kappa shape index (κ1) is 13.8. The fourth-order valence-corrected chi connectivity index (χ4v) is 2.94. The second kappa shape index (κ2) is 5.33. The molecule has 0 saturated heterocycles. The molecule has 0 atom stereocenters. The third-order valence-electron chi connectivity index (χ3n) is 4.05. The van der Waals surface area contributed by atoms with Crippen molar-refractivity contribution in [3.05, 3.63) is 58.7 Å². The van der Waals surface area contributed by atoms with Gasteiger partial charge in [-0.05, 0) is 29.3 Å². The molecule has 4 nitrogen and oxygen atoms in total. The summed E-state index contributed by atoms with van der Waals surface area (Å²) >= 11 is 0. The van der Waals surface area contributed by atoms with Gasteiger partial charge < -0.3 is 9.67 Å². The predicted octanol–water partition coefficient (Wildman–Crippen LogP) is 2.42. The summed E-state index contributed by atoms with van der Waals surface area (Å²) < 4.78 is 14.7. The number of fused-ring (bicyclic) bond motifs is 1. The van der Waals surface area contributed by atoms with Gasteiger partial charge in [0.05, 0.1) is 0 Å². The van der Waals surface area contributed by atoms with Crippen LogP contribution in [-0.2, 0) is 26.6 Å². The maximum atomic E-state index is 12.9. The molecule has 2 aromatic rings. The van der Waals surface area contributed by atoms with Gasteiger partial charge in [-0.2, -0.15) is 0 Å². The number of halogens is 1. The van der Waals surface area contributed by atoms with Crippen molar-refractivity contribution >= 4 is 5.97 Å². The first-order valence-corrected chi connectivity index (χ1v) is 6.92. The molecule has 0 unspecified atom stereocenters. The fourth-order valence-electron chi connectivity index (χ4n) is 2.94. The number of carbonyl (C=O) groups is 1. The Hall–Kier alpha value is -2.14. The highest BCUT2D eigenvalue weighted by Crippen LogP contribution is 2.23. The van der Waals surface area contributed by atoms with E-state index in [0.29, 0.717) is 5.69 Å². The molecule has 21 heavy (non-hydrogen) atoms. The monoisotopic (exact) mass is 288 g/mol. The average molecular weight is 288 g/mol. The van der Waals surface area contributed by atoms with E-state index in [1.54, 1.807) is 29.8 Å². The highest BCUT2D eigenvalue weighted by atomic mass is 19.1. The van der Waals surface area contributed by atoms with Crippen molar-refractivity contribution in [1.82, 2.24) is 9.47 Å². The molecule has 1 N–H and O–H groups in total. The Morgan fingerprint density at radius 1 is 1.33 bits per heavy atom. The summed E-state index contributed by atoms with van der Waals surface area (Å²) in [4.78, 5) is 13.4. The molecular formula is C16H17FN2O2. The number of aromatic carboxylic acids is 1. The van der Waals surface area contributed by atoms with Gasteiger partial charge in [0.15, 0.2) is 0 Å². The van der Waals surface area contributed by atoms with Crippen LogP contribution in [0.25, 0.3) is 0 Å². The number of carboxylic acid groups (broad SMARTS) is 1. The molecule has 3 rings (SSSR count). The lowest BCUT2D eigenvalue weighted by Crippen LogP contribution is -2.30. The van der Waals surface area contributed by atoms with E-state index in [0.717, 1.165) is 42.9 Å². The molecule has 0 bridgehead atoms. The molecule has 1 aromatic carbocycles. The molecule has 110 valence electrons. The summed E-state index contributed by atoms with van der Waals surface area (Å²) in [6.45, 7) is 2.35. The number of rotatable bonds is 3. The quantitative estimate of drug-likeness (QED) is 0.943. The zero-order chi connectivity index (χ0) is 15.0. The average Bonchev–Trinajstić information content (AvgIpc) is 2.78. The number of hydrogen-bond donors (Lipinski definition) is 1. The standard InChI is InChI=1S/C16H17FN2O2/c1-18-14-6-7-19(9-11-2-4-13(17)5-3-11)10-12(14)8-15(18)16(20)21/h2-5,8H,6-7,9-10H2,1H3,(H,20,21). The number of nitrogens with zero attached hydrogens (tertiary/aromatic N) is 2. The summed E-state index contributed by atoms with van der Waals surface area (Å²) in [6.07, 6.45) is 0.834. The lowest BCUT2D eigenvalue weighted by atomic mass is 10.1. The van der Waals surface area contributed by atoms with E-state index in [-0.39, 0.29) is 5.82 Å². The van der Waals surface area contributed by atoms with Crippen molar-refractivity contribution in [2.24, 2.45) is 7.05 Å². The van der Waals surface area contributed by atoms with Crippen LogP contribution in [0.2, 0.25) is 0 Å². The van der Waals surface area contributed by atoms with Crippen LogP contribution in [0.4, 0.5) is 4.39 Å². The zero-order valence-electron chi connectivity index (χ0n) is 11.8. The van der Waals surface area contributed by atoms with Gasteiger partial charge in [0.1, 0.15) is 11.5 Å². The van der Waals surface area contributed by atoms with Crippen LogP contribution in [0.1, 0.15) is 27.3 Å². The Labute approximate surface area is 122 Å². The lowest BCUT2D eigenvalue weighted by molar-refractivity contribution is 0.0686. The molecule has 5 heteroatoms. The van der Waals surface area contributed by atoms with Crippen LogP contribution >= 0.6 is 0 Å². The van der Waals surface area contributed by atoms with E-state index in [1.807, 2.05) is 0 Å². The summed E-state index contributed by atoms with van der Waals surface area (Å²) in [5, 5.41) is 9.17. The SMILES string of the molecule is Cn1c(C(=O)O)cc2c1CCN(Cc1ccc(F)cc1)C2. The van der Waals surface area contributed by atoms with E-state index in [2.05, 4.69) is 4.90 Å². The number of benzene rings is 1. The van der Waals surface area contributed by atoms with Crippen molar-refractivity contribution in [2.75, 3.05) is 6.54 Å². The van der Waals surface area contributed by atoms with Crippen LogP contribution in [0, 0.1) is 5.82 Å². The van der Waals surface area contributed by atoms with Crippen molar-refractivity contribution in [3.8, 4) is 0 Å². The molecular weight excluding hydrogens is 271 g/mol. The van der Waals surface area contributed by atoms with Crippen LogP contribution in [0.5, 0.6) is 0 Å². The zero-order valence-corrected chi connectivity index (χ0v) is 11.8. The summed E-state index contributed by atoms with van der Waals surface area (Å²) in [5.74, 6) is -1.12. The highest BCUT2D eigenvalue weighted by Gasteiger charge is 2.23. The molecule has 0 saturated carbocycles. The first-order chi connectivity index (χ1) is 10.0. The van der Waals surface area contributed by atoms with E-state index < -0.39 is 5.97 Å². The molecule has 0 radical (unpaired) electrons. The van der Waals surface area contributed by atoms with Gasteiger partial charge in [0.25, 0.3) is 0 Å². The molecule has 1 aromatic heterocycles. The van der Waals surface area contributed by atoms with Crippen LogP contribution in [0.15, 0.2) is 30.3 Å². The minimum Gasteiger partial charge on any atom is -0.477 e. The number of carboxylic acids is 1. The molecule has 1 aliphatic rings. The van der Waals surface area contributed by atoms with E-state index in [1.165, 1.54) is 12.1 Å². The second-order valence-corrected chi connectivity index (χ2v) is 5.45. The lowest BCUT2D eigenvalue weighted by Gasteiger charge is -2.27. The minimum absolute atomic E-state index is 0.228. The van der Waals surface area contributed by atoms with Gasteiger partial charge in [0.2, 0.25) is 0 Å². The van der Waals surface area contributed by atoms with Crippen molar-refractivity contribution in [3.63, 3.8) is 0 Å². The van der Waals surface area contributed by atoms with Crippen LogP contribution in [-0.4, -0.2) is 27.1 Å². The summed E-state index contributed by atoms with van der Waals surface area (Å²) in [6, 6.07) is 8.27. The third kappa shape index (κ3) is 2.69. The van der Waals surface area contributed by atoms with Gasteiger partial charge in [0, 0.05) is 38.8 Å². The molecule has 0 spiro atoms. The van der Waals surface area contributed by atoms with E-state index in [9.17, 15) is 14.3 Å². The van der Waals surface area contributed by atoms with Crippen LogP contribution in [0.3, 0.4) is 0 Å². The third-order valence-corrected chi connectivity index (χ3v) is 4.05.